The number of rotatable bonds is 8. The Bertz CT molecular complexity index is 409. The van der Waals surface area contributed by atoms with E-state index in [1.165, 1.54) is 43.9 Å². The molecule has 106 valence electrons. The normalized spacial score (nSPS) is 10.5. The molecule has 0 fully saturated rings. The minimum atomic E-state index is -0.476. The number of anilines is 1. The smallest absolute Gasteiger partial charge is 0.224 e. The first kappa shape index (κ1) is 16.0. The fourth-order valence-corrected chi connectivity index (χ4v) is 2.04. The lowest BCUT2D eigenvalue weighted by atomic mass is 10.1. The Kier molecular flexibility index (Phi) is 7.49. The molecule has 1 rings (SSSR count). The van der Waals surface area contributed by atoms with Gasteiger partial charge >= 0.3 is 0 Å². The van der Waals surface area contributed by atoms with Gasteiger partial charge in [-0.05, 0) is 24.6 Å². The Hall–Kier alpha value is -1.09. The van der Waals surface area contributed by atoms with Crippen molar-refractivity contribution in [3.63, 3.8) is 0 Å². The van der Waals surface area contributed by atoms with Crippen LogP contribution in [0.2, 0.25) is 5.02 Å². The number of nitrogens with one attached hydrogen (secondary N) is 1. The maximum atomic E-state index is 12.9. The van der Waals surface area contributed by atoms with Gasteiger partial charge in [-0.2, -0.15) is 0 Å². The highest BCUT2D eigenvalue weighted by molar-refractivity contribution is 6.31. The van der Waals surface area contributed by atoms with Crippen LogP contribution in [0.4, 0.5) is 10.1 Å². The first-order valence-corrected chi connectivity index (χ1v) is 7.26. The van der Waals surface area contributed by atoms with E-state index in [9.17, 15) is 9.18 Å². The van der Waals surface area contributed by atoms with Gasteiger partial charge in [0.2, 0.25) is 5.91 Å². The molecular weight excluding hydrogens is 265 g/mol. The van der Waals surface area contributed by atoms with Gasteiger partial charge in [0.15, 0.2) is 0 Å². The van der Waals surface area contributed by atoms with Gasteiger partial charge in [-0.25, -0.2) is 4.39 Å². The average Bonchev–Trinajstić information content (AvgIpc) is 2.38. The molecule has 0 saturated heterocycles. The third kappa shape index (κ3) is 6.58. The average molecular weight is 286 g/mol. The fraction of sp³-hybridized carbons (Fsp3) is 0.533. The molecule has 1 aromatic rings. The predicted octanol–water partition coefficient (Wildman–Crippen LogP) is 5.17. The largest absolute Gasteiger partial charge is 0.326 e. The first-order chi connectivity index (χ1) is 9.13. The molecular formula is C15H21ClFNO. The molecule has 0 atom stereocenters. The van der Waals surface area contributed by atoms with Crippen LogP contribution in [0.5, 0.6) is 0 Å². The lowest BCUT2D eigenvalue weighted by Gasteiger charge is -2.06. The van der Waals surface area contributed by atoms with Crippen molar-refractivity contribution in [3.05, 3.63) is 29.0 Å². The Morgan fingerprint density at radius 3 is 2.58 bits per heavy atom. The molecule has 0 unspecified atom stereocenters. The Balaban J connectivity index is 2.21. The van der Waals surface area contributed by atoms with Crippen molar-refractivity contribution in [2.24, 2.45) is 0 Å². The second-order valence-corrected chi connectivity index (χ2v) is 5.10. The van der Waals surface area contributed by atoms with Crippen LogP contribution >= 0.6 is 11.6 Å². The van der Waals surface area contributed by atoms with Gasteiger partial charge in [-0.15, -0.1) is 0 Å². The minimum absolute atomic E-state index is 0.0253. The summed E-state index contributed by atoms with van der Waals surface area (Å²) in [4.78, 5) is 11.6. The maximum absolute atomic E-state index is 12.9. The van der Waals surface area contributed by atoms with E-state index in [4.69, 9.17) is 11.6 Å². The monoisotopic (exact) mass is 285 g/mol. The lowest BCUT2D eigenvalue weighted by Crippen LogP contribution is -2.11. The Labute approximate surface area is 119 Å². The van der Waals surface area contributed by atoms with Gasteiger partial charge in [0.1, 0.15) is 5.82 Å². The molecule has 1 N–H and O–H groups in total. The van der Waals surface area contributed by atoms with Gasteiger partial charge < -0.3 is 5.32 Å². The molecule has 0 radical (unpaired) electrons. The standard InChI is InChI=1S/C15H21ClFNO/c1-2-3-4-5-6-7-8-15(19)18-12-9-10-14(17)13(16)11-12/h9-11H,2-8H2,1H3,(H,18,19). The number of hydrogen-bond donors (Lipinski definition) is 1. The van der Waals surface area contributed by atoms with Gasteiger partial charge in [0, 0.05) is 12.1 Å². The van der Waals surface area contributed by atoms with E-state index in [0.29, 0.717) is 12.1 Å². The second kappa shape index (κ2) is 8.92. The number of unbranched alkanes of at least 4 members (excludes halogenated alkanes) is 5. The van der Waals surface area contributed by atoms with E-state index in [2.05, 4.69) is 12.2 Å². The highest BCUT2D eigenvalue weighted by Gasteiger charge is 2.05. The summed E-state index contributed by atoms with van der Waals surface area (Å²) in [7, 11) is 0. The zero-order chi connectivity index (χ0) is 14.1. The van der Waals surface area contributed by atoms with Crippen LogP contribution in [0.15, 0.2) is 18.2 Å². The van der Waals surface area contributed by atoms with Gasteiger partial charge in [-0.3, -0.25) is 4.79 Å². The van der Waals surface area contributed by atoms with Crippen molar-refractivity contribution in [1.29, 1.82) is 0 Å². The van der Waals surface area contributed by atoms with E-state index < -0.39 is 5.82 Å². The van der Waals surface area contributed by atoms with Crippen molar-refractivity contribution in [2.75, 3.05) is 5.32 Å². The molecule has 1 aromatic carbocycles. The summed E-state index contributed by atoms with van der Waals surface area (Å²) in [5.41, 5.74) is 0.544. The third-order valence-corrected chi connectivity index (χ3v) is 3.25. The summed E-state index contributed by atoms with van der Waals surface area (Å²) >= 11 is 5.65. The predicted molar refractivity (Wildman–Crippen MR) is 78.0 cm³/mol. The first-order valence-electron chi connectivity index (χ1n) is 6.88. The number of carbonyl (C=O) groups is 1. The molecule has 0 aliphatic carbocycles. The van der Waals surface area contributed by atoms with Crippen LogP contribution in [0.3, 0.4) is 0 Å². The molecule has 0 spiro atoms. The summed E-state index contributed by atoms with van der Waals surface area (Å²) in [6.45, 7) is 2.18. The summed E-state index contributed by atoms with van der Waals surface area (Å²) in [5.74, 6) is -0.520. The minimum Gasteiger partial charge on any atom is -0.326 e. The third-order valence-electron chi connectivity index (χ3n) is 2.96. The summed E-state index contributed by atoms with van der Waals surface area (Å²) in [6, 6.07) is 4.19. The van der Waals surface area contributed by atoms with Crippen molar-refractivity contribution < 1.29 is 9.18 Å². The number of halogens is 2. The highest BCUT2D eigenvalue weighted by atomic mass is 35.5. The molecule has 0 aliphatic rings. The van der Waals surface area contributed by atoms with Crippen LogP contribution < -0.4 is 5.32 Å². The summed E-state index contributed by atoms with van der Waals surface area (Å²) in [6.07, 6.45) is 7.39. The molecule has 0 bridgehead atoms. The topological polar surface area (TPSA) is 29.1 Å². The molecule has 1 amide bonds. The van der Waals surface area contributed by atoms with E-state index in [1.807, 2.05) is 0 Å². The van der Waals surface area contributed by atoms with Crippen LogP contribution in [-0.4, -0.2) is 5.91 Å². The molecule has 4 heteroatoms. The van der Waals surface area contributed by atoms with Crippen LogP contribution in [-0.2, 0) is 4.79 Å². The Morgan fingerprint density at radius 1 is 1.21 bits per heavy atom. The van der Waals surface area contributed by atoms with Gasteiger partial charge in [0.25, 0.3) is 0 Å². The summed E-state index contributed by atoms with van der Waals surface area (Å²) in [5, 5.41) is 2.75. The van der Waals surface area contributed by atoms with E-state index in [0.717, 1.165) is 12.8 Å². The van der Waals surface area contributed by atoms with Gasteiger partial charge in [-0.1, -0.05) is 50.6 Å². The Morgan fingerprint density at radius 2 is 1.89 bits per heavy atom. The molecule has 0 aliphatic heterocycles. The van der Waals surface area contributed by atoms with E-state index >= 15 is 0 Å². The number of amides is 1. The number of hydrogen-bond acceptors (Lipinski definition) is 1. The van der Waals surface area contributed by atoms with Crippen molar-refractivity contribution in [1.82, 2.24) is 0 Å². The van der Waals surface area contributed by atoms with Crippen LogP contribution in [0.1, 0.15) is 51.9 Å². The van der Waals surface area contributed by atoms with Crippen molar-refractivity contribution in [3.8, 4) is 0 Å². The molecule has 0 heterocycles. The van der Waals surface area contributed by atoms with Crippen LogP contribution in [0.25, 0.3) is 0 Å². The molecule has 0 aromatic heterocycles. The quantitative estimate of drug-likeness (QED) is 0.656. The van der Waals surface area contributed by atoms with E-state index in [-0.39, 0.29) is 10.9 Å². The fourth-order valence-electron chi connectivity index (χ4n) is 1.86. The molecule has 2 nitrogen and oxygen atoms in total. The summed E-state index contributed by atoms with van der Waals surface area (Å²) < 4.78 is 12.9. The maximum Gasteiger partial charge on any atom is 0.224 e. The molecule has 0 saturated carbocycles. The zero-order valence-electron chi connectivity index (χ0n) is 11.3. The number of carbonyl (C=O) groups excluding carboxylic acids is 1. The van der Waals surface area contributed by atoms with Crippen molar-refractivity contribution >= 4 is 23.2 Å². The SMILES string of the molecule is CCCCCCCCC(=O)Nc1ccc(F)c(Cl)c1. The number of benzene rings is 1. The second-order valence-electron chi connectivity index (χ2n) is 4.69. The lowest BCUT2D eigenvalue weighted by molar-refractivity contribution is -0.116. The van der Waals surface area contributed by atoms with E-state index in [1.54, 1.807) is 0 Å². The van der Waals surface area contributed by atoms with Gasteiger partial charge in [0.05, 0.1) is 5.02 Å². The highest BCUT2D eigenvalue weighted by Crippen LogP contribution is 2.19. The van der Waals surface area contributed by atoms with Crippen molar-refractivity contribution in [2.45, 2.75) is 51.9 Å². The van der Waals surface area contributed by atoms with Crippen LogP contribution in [0, 0.1) is 5.82 Å². The molecule has 19 heavy (non-hydrogen) atoms. The zero-order valence-corrected chi connectivity index (χ0v) is 12.1.